The van der Waals surface area contributed by atoms with Crippen LogP contribution in [0.3, 0.4) is 0 Å². The molecular weight excluding hydrogens is 296 g/mol. The molecule has 0 saturated carbocycles. The minimum Gasteiger partial charge on any atom is -0.449 e. The number of ether oxygens (including phenoxy) is 2. The largest absolute Gasteiger partial charge is 0.449 e. The van der Waals surface area contributed by atoms with E-state index in [9.17, 15) is 9.59 Å². The Balaban J connectivity index is 2.66. The number of carbonyl (C=O) groups is 2. The van der Waals surface area contributed by atoms with Crippen molar-refractivity contribution in [2.24, 2.45) is 11.8 Å². The van der Waals surface area contributed by atoms with Crippen LogP contribution in [-0.2, 0) is 9.47 Å². The van der Waals surface area contributed by atoms with Gasteiger partial charge in [-0.05, 0) is 17.4 Å². The molecule has 2 amide bonds. The Morgan fingerprint density at radius 2 is 1.30 bits per heavy atom. The number of carbonyl (C=O) groups excluding carboxylic acids is 2. The van der Waals surface area contributed by atoms with E-state index >= 15 is 0 Å². The van der Waals surface area contributed by atoms with Gasteiger partial charge in [0.15, 0.2) is 0 Å². The van der Waals surface area contributed by atoms with Gasteiger partial charge < -0.3 is 9.47 Å². The summed E-state index contributed by atoms with van der Waals surface area (Å²) in [5.41, 5.74) is 0.732. The maximum Gasteiger partial charge on any atom is 0.409 e. The standard InChI is InChI=1S/C17H26N2O4/c1-12(2)10-22-16(20)18-15(14-8-6-5-7-9-14)19-17(21)23-11-13(3)4/h5-9,12-13,15H,10-11H2,1-4H3,(H,18,20)(H,19,21). The van der Waals surface area contributed by atoms with Crippen molar-refractivity contribution in [2.45, 2.75) is 33.9 Å². The van der Waals surface area contributed by atoms with Crippen molar-refractivity contribution in [3.63, 3.8) is 0 Å². The predicted molar refractivity (Wildman–Crippen MR) is 87.8 cm³/mol. The van der Waals surface area contributed by atoms with E-state index in [1.807, 2.05) is 45.9 Å². The minimum absolute atomic E-state index is 0.236. The highest BCUT2D eigenvalue weighted by Crippen LogP contribution is 2.10. The molecule has 1 aromatic carbocycles. The van der Waals surface area contributed by atoms with Crippen molar-refractivity contribution < 1.29 is 19.1 Å². The van der Waals surface area contributed by atoms with Gasteiger partial charge in [-0.25, -0.2) is 9.59 Å². The second-order valence-corrected chi connectivity index (χ2v) is 6.12. The van der Waals surface area contributed by atoms with Gasteiger partial charge >= 0.3 is 12.2 Å². The molecule has 23 heavy (non-hydrogen) atoms. The Kier molecular flexibility index (Phi) is 7.94. The van der Waals surface area contributed by atoms with Crippen LogP contribution in [0.15, 0.2) is 30.3 Å². The molecule has 1 aromatic rings. The lowest BCUT2D eigenvalue weighted by Crippen LogP contribution is -2.42. The Hall–Kier alpha value is -2.24. The van der Waals surface area contributed by atoms with Crippen molar-refractivity contribution >= 4 is 12.2 Å². The molecule has 0 spiro atoms. The van der Waals surface area contributed by atoms with Crippen molar-refractivity contribution in [3.8, 4) is 0 Å². The van der Waals surface area contributed by atoms with Gasteiger partial charge in [-0.1, -0.05) is 58.0 Å². The van der Waals surface area contributed by atoms with Crippen LogP contribution in [0.1, 0.15) is 39.4 Å². The first-order chi connectivity index (χ1) is 10.9. The Labute approximate surface area is 137 Å². The average Bonchev–Trinajstić information content (AvgIpc) is 2.51. The molecule has 6 nitrogen and oxygen atoms in total. The van der Waals surface area contributed by atoms with E-state index in [-0.39, 0.29) is 11.8 Å². The van der Waals surface area contributed by atoms with Crippen LogP contribution in [-0.4, -0.2) is 25.4 Å². The number of rotatable bonds is 7. The van der Waals surface area contributed by atoms with Crippen LogP contribution in [0.25, 0.3) is 0 Å². The van der Waals surface area contributed by atoms with Crippen LogP contribution in [0.2, 0.25) is 0 Å². The molecule has 0 heterocycles. The Morgan fingerprint density at radius 1 is 0.870 bits per heavy atom. The summed E-state index contributed by atoms with van der Waals surface area (Å²) in [5.74, 6) is 0.472. The summed E-state index contributed by atoms with van der Waals surface area (Å²) in [7, 11) is 0. The molecule has 1 rings (SSSR count). The molecule has 0 radical (unpaired) electrons. The lowest BCUT2D eigenvalue weighted by Gasteiger charge is -2.21. The number of benzene rings is 1. The summed E-state index contributed by atoms with van der Waals surface area (Å²) in [4.78, 5) is 23.7. The van der Waals surface area contributed by atoms with E-state index in [2.05, 4.69) is 10.6 Å². The van der Waals surface area contributed by atoms with Crippen LogP contribution in [0, 0.1) is 11.8 Å². The molecule has 0 aliphatic carbocycles. The smallest absolute Gasteiger partial charge is 0.409 e. The molecule has 0 atom stereocenters. The van der Waals surface area contributed by atoms with Crippen molar-refractivity contribution in [1.29, 1.82) is 0 Å². The van der Waals surface area contributed by atoms with E-state index in [0.717, 1.165) is 5.56 Å². The Bertz CT molecular complexity index is 463. The zero-order chi connectivity index (χ0) is 17.2. The van der Waals surface area contributed by atoms with Crippen molar-refractivity contribution in [1.82, 2.24) is 10.6 Å². The van der Waals surface area contributed by atoms with Gasteiger partial charge in [-0.2, -0.15) is 0 Å². The fourth-order valence-corrected chi connectivity index (χ4v) is 1.65. The number of nitrogens with one attached hydrogen (secondary N) is 2. The third kappa shape index (κ3) is 8.09. The monoisotopic (exact) mass is 322 g/mol. The first-order valence-corrected chi connectivity index (χ1v) is 7.80. The summed E-state index contributed by atoms with van der Waals surface area (Å²) in [6.07, 6.45) is -1.89. The maximum absolute atomic E-state index is 11.9. The Morgan fingerprint density at radius 3 is 1.70 bits per heavy atom. The summed E-state index contributed by atoms with van der Waals surface area (Å²) in [5, 5.41) is 5.27. The third-order valence-corrected chi connectivity index (χ3v) is 2.75. The molecule has 0 aliphatic rings. The zero-order valence-electron chi connectivity index (χ0n) is 14.2. The van der Waals surface area contributed by atoms with Gasteiger partial charge in [0.05, 0.1) is 13.2 Å². The normalized spacial score (nSPS) is 10.7. The summed E-state index contributed by atoms with van der Waals surface area (Å²) >= 11 is 0. The predicted octanol–water partition coefficient (Wildman–Crippen LogP) is 3.45. The average molecular weight is 322 g/mol. The van der Waals surface area contributed by atoms with Crippen LogP contribution >= 0.6 is 0 Å². The van der Waals surface area contributed by atoms with Crippen LogP contribution < -0.4 is 10.6 Å². The molecule has 6 heteroatoms. The molecule has 0 unspecified atom stereocenters. The molecule has 128 valence electrons. The molecule has 0 aliphatic heterocycles. The first kappa shape index (κ1) is 18.8. The summed E-state index contributed by atoms with van der Waals surface area (Å²) in [6.45, 7) is 8.41. The highest BCUT2D eigenvalue weighted by atomic mass is 16.6. The van der Waals surface area contributed by atoms with Crippen molar-refractivity contribution in [2.75, 3.05) is 13.2 Å². The van der Waals surface area contributed by atoms with Gasteiger partial charge in [-0.15, -0.1) is 0 Å². The molecule has 0 fully saturated rings. The van der Waals surface area contributed by atoms with Crippen LogP contribution in [0.5, 0.6) is 0 Å². The number of hydrogen-bond donors (Lipinski definition) is 2. The van der Waals surface area contributed by atoms with E-state index in [0.29, 0.717) is 13.2 Å². The molecular formula is C17H26N2O4. The highest BCUT2D eigenvalue weighted by molar-refractivity contribution is 5.71. The third-order valence-electron chi connectivity index (χ3n) is 2.75. The van der Waals surface area contributed by atoms with Crippen molar-refractivity contribution in [3.05, 3.63) is 35.9 Å². The zero-order valence-corrected chi connectivity index (χ0v) is 14.2. The van der Waals surface area contributed by atoms with Gasteiger partial charge in [-0.3, -0.25) is 10.6 Å². The van der Waals surface area contributed by atoms with E-state index in [1.165, 1.54) is 0 Å². The van der Waals surface area contributed by atoms with E-state index in [1.54, 1.807) is 12.1 Å². The van der Waals surface area contributed by atoms with Gasteiger partial charge in [0.2, 0.25) is 0 Å². The minimum atomic E-state index is -0.712. The molecule has 0 bridgehead atoms. The van der Waals surface area contributed by atoms with E-state index < -0.39 is 18.4 Å². The fourth-order valence-electron chi connectivity index (χ4n) is 1.65. The summed E-state index contributed by atoms with van der Waals surface area (Å²) in [6, 6.07) is 9.11. The number of hydrogen-bond acceptors (Lipinski definition) is 4. The first-order valence-electron chi connectivity index (χ1n) is 7.80. The van der Waals surface area contributed by atoms with E-state index in [4.69, 9.17) is 9.47 Å². The number of alkyl carbamates (subject to hydrolysis) is 2. The molecule has 0 aromatic heterocycles. The van der Waals surface area contributed by atoms with Gasteiger partial charge in [0, 0.05) is 0 Å². The second-order valence-electron chi connectivity index (χ2n) is 6.12. The van der Waals surface area contributed by atoms with Crippen LogP contribution in [0.4, 0.5) is 9.59 Å². The summed E-state index contributed by atoms with van der Waals surface area (Å²) < 4.78 is 10.2. The van der Waals surface area contributed by atoms with Gasteiger partial charge in [0.25, 0.3) is 0 Å². The number of amides is 2. The second kappa shape index (κ2) is 9.71. The molecule has 0 saturated heterocycles. The lowest BCUT2D eigenvalue weighted by atomic mass is 10.2. The maximum atomic E-state index is 11.9. The highest BCUT2D eigenvalue weighted by Gasteiger charge is 2.18. The molecule has 2 N–H and O–H groups in total. The quantitative estimate of drug-likeness (QED) is 0.754. The lowest BCUT2D eigenvalue weighted by molar-refractivity contribution is 0.117. The SMILES string of the molecule is CC(C)COC(=O)NC(NC(=O)OCC(C)C)c1ccccc1. The van der Waals surface area contributed by atoms with Gasteiger partial charge in [0.1, 0.15) is 6.17 Å². The topological polar surface area (TPSA) is 76.7 Å². The fraction of sp³-hybridized carbons (Fsp3) is 0.529.